The van der Waals surface area contributed by atoms with Crippen molar-refractivity contribution in [3.63, 3.8) is 0 Å². The molecule has 6 nitrogen and oxygen atoms in total. The zero-order valence-corrected chi connectivity index (χ0v) is 18.9. The molecule has 11 heteroatoms. The molecule has 23 heavy (non-hydrogen) atoms. The molecule has 0 heterocycles. The SMILES string of the molecule is O=S(=O)([O-])c1ccc(Cl)cc1.O=S(=O)([O-])c1ccc(Cl)cc1.[Ba+2]. The maximum atomic E-state index is 10.3. The molecule has 2 rings (SSSR count). The van der Waals surface area contributed by atoms with Crippen LogP contribution in [0.2, 0.25) is 10.0 Å². The minimum atomic E-state index is -4.33. The van der Waals surface area contributed by atoms with Crippen LogP contribution in [0.15, 0.2) is 58.3 Å². The summed E-state index contributed by atoms with van der Waals surface area (Å²) in [5.74, 6) is 0. The van der Waals surface area contributed by atoms with Crippen LogP contribution in [0.5, 0.6) is 0 Å². The van der Waals surface area contributed by atoms with E-state index in [1.165, 1.54) is 48.5 Å². The third-order valence-corrected chi connectivity index (χ3v) is 4.41. The first-order valence-corrected chi connectivity index (χ1v) is 9.00. The third-order valence-electron chi connectivity index (χ3n) is 2.20. The summed E-state index contributed by atoms with van der Waals surface area (Å²) in [6.45, 7) is 0. The molecule has 0 saturated carbocycles. The van der Waals surface area contributed by atoms with Crippen molar-refractivity contribution in [2.45, 2.75) is 9.79 Å². The van der Waals surface area contributed by atoms with Gasteiger partial charge in [-0.15, -0.1) is 0 Å². The first-order chi connectivity index (χ1) is 10.00. The molecule has 0 radical (unpaired) electrons. The Hall–Kier alpha value is 0.411. The van der Waals surface area contributed by atoms with Crippen molar-refractivity contribution in [3.05, 3.63) is 58.6 Å². The average molecular weight is 521 g/mol. The van der Waals surface area contributed by atoms with Crippen LogP contribution >= 0.6 is 23.2 Å². The summed E-state index contributed by atoms with van der Waals surface area (Å²) in [6.07, 6.45) is 0. The average Bonchev–Trinajstić information content (AvgIpc) is 2.38. The molecule has 120 valence electrons. The normalized spacial score (nSPS) is 11.0. The fourth-order valence-electron chi connectivity index (χ4n) is 1.20. The van der Waals surface area contributed by atoms with E-state index in [2.05, 4.69) is 0 Å². The van der Waals surface area contributed by atoms with Crippen LogP contribution in [-0.2, 0) is 20.2 Å². The molecule has 0 saturated heterocycles. The van der Waals surface area contributed by atoms with E-state index in [-0.39, 0.29) is 58.7 Å². The second-order valence-electron chi connectivity index (χ2n) is 3.82. The van der Waals surface area contributed by atoms with E-state index in [9.17, 15) is 25.9 Å². The Morgan fingerprint density at radius 3 is 1.00 bits per heavy atom. The molecule has 0 aliphatic rings. The van der Waals surface area contributed by atoms with Gasteiger partial charge in [0.05, 0.1) is 9.79 Å². The fourth-order valence-corrected chi connectivity index (χ4v) is 2.39. The largest absolute Gasteiger partial charge is 2.00 e. The van der Waals surface area contributed by atoms with E-state index in [0.717, 1.165) is 0 Å². The second kappa shape index (κ2) is 9.78. The number of hydrogen-bond donors (Lipinski definition) is 0. The molecule has 0 spiro atoms. The molecule has 0 aliphatic carbocycles. The van der Waals surface area contributed by atoms with Gasteiger partial charge in [-0.05, 0) is 48.5 Å². The Kier molecular flexibility index (Phi) is 9.96. The predicted molar refractivity (Wildman–Crippen MR) is 84.6 cm³/mol. The summed E-state index contributed by atoms with van der Waals surface area (Å²) in [5.41, 5.74) is 0. The third kappa shape index (κ3) is 8.89. The van der Waals surface area contributed by atoms with Gasteiger partial charge in [0.25, 0.3) is 0 Å². The van der Waals surface area contributed by atoms with Gasteiger partial charge < -0.3 is 9.11 Å². The van der Waals surface area contributed by atoms with Crippen molar-refractivity contribution in [1.82, 2.24) is 0 Å². The van der Waals surface area contributed by atoms with Crippen molar-refractivity contribution >= 4 is 92.3 Å². The molecule has 2 aromatic rings. The Morgan fingerprint density at radius 2 is 0.826 bits per heavy atom. The van der Waals surface area contributed by atoms with Crippen LogP contribution < -0.4 is 0 Å². The smallest absolute Gasteiger partial charge is 0.744 e. The molecule has 0 bridgehead atoms. The van der Waals surface area contributed by atoms with Crippen LogP contribution in [0.1, 0.15) is 0 Å². The van der Waals surface area contributed by atoms with Gasteiger partial charge in [-0.25, -0.2) is 16.8 Å². The maximum absolute atomic E-state index is 10.3. The molecule has 2 aromatic carbocycles. The summed E-state index contributed by atoms with van der Waals surface area (Å²) < 4.78 is 62.1. The molecule has 0 N–H and O–H groups in total. The fraction of sp³-hybridized carbons (Fsp3) is 0. The molecule has 0 fully saturated rings. The Morgan fingerprint density at radius 1 is 0.609 bits per heavy atom. The van der Waals surface area contributed by atoms with Crippen LogP contribution in [0.3, 0.4) is 0 Å². The number of benzene rings is 2. The van der Waals surface area contributed by atoms with Crippen molar-refractivity contribution in [1.29, 1.82) is 0 Å². The van der Waals surface area contributed by atoms with E-state index in [1.54, 1.807) is 0 Å². The summed E-state index contributed by atoms with van der Waals surface area (Å²) in [5, 5.41) is 0.801. The summed E-state index contributed by atoms with van der Waals surface area (Å²) >= 11 is 10.9. The maximum Gasteiger partial charge on any atom is 2.00 e. The Balaban J connectivity index is 0.000000403. The Labute approximate surface area is 184 Å². The van der Waals surface area contributed by atoms with Gasteiger partial charge in [0.1, 0.15) is 20.2 Å². The molecule has 0 unspecified atom stereocenters. The van der Waals surface area contributed by atoms with Crippen molar-refractivity contribution < 1.29 is 25.9 Å². The molecule has 0 aliphatic heterocycles. The monoisotopic (exact) mass is 520 g/mol. The van der Waals surface area contributed by atoms with Crippen LogP contribution in [0, 0.1) is 0 Å². The van der Waals surface area contributed by atoms with Crippen LogP contribution in [0.4, 0.5) is 0 Å². The minimum absolute atomic E-state index is 0. The van der Waals surface area contributed by atoms with E-state index >= 15 is 0 Å². The predicted octanol–water partition coefficient (Wildman–Crippen LogP) is 2.11. The zero-order chi connectivity index (χ0) is 17.0. The van der Waals surface area contributed by atoms with E-state index in [4.69, 9.17) is 23.2 Å². The quantitative estimate of drug-likeness (QED) is 0.443. The van der Waals surface area contributed by atoms with E-state index < -0.39 is 20.2 Å². The van der Waals surface area contributed by atoms with Crippen molar-refractivity contribution in [2.75, 3.05) is 0 Å². The number of halogens is 2. The minimum Gasteiger partial charge on any atom is -0.744 e. The zero-order valence-electron chi connectivity index (χ0n) is 11.3. The van der Waals surface area contributed by atoms with Crippen molar-refractivity contribution in [3.8, 4) is 0 Å². The molecule has 0 aromatic heterocycles. The van der Waals surface area contributed by atoms with Gasteiger partial charge in [0, 0.05) is 10.0 Å². The Bertz CT molecular complexity index is 761. The second-order valence-corrected chi connectivity index (χ2v) is 7.45. The van der Waals surface area contributed by atoms with Gasteiger partial charge >= 0.3 is 48.9 Å². The summed E-state index contributed by atoms with van der Waals surface area (Å²) in [6, 6.07) is 10.1. The summed E-state index contributed by atoms with van der Waals surface area (Å²) in [7, 11) is -8.66. The number of hydrogen-bond acceptors (Lipinski definition) is 6. The topological polar surface area (TPSA) is 114 Å². The first kappa shape index (κ1) is 23.4. The van der Waals surface area contributed by atoms with Gasteiger partial charge in [0.15, 0.2) is 0 Å². The van der Waals surface area contributed by atoms with E-state index in [1.807, 2.05) is 0 Å². The number of rotatable bonds is 2. The standard InChI is InChI=1S/2C6H5ClO3S.Ba/c2*7-5-1-3-6(4-2-5)11(8,9)10;/h2*1-4H,(H,8,9,10);/q;;+2/p-2. The molecular formula is C12H8BaCl2O6S2. The van der Waals surface area contributed by atoms with Gasteiger partial charge in [-0.3, -0.25) is 0 Å². The van der Waals surface area contributed by atoms with Crippen LogP contribution in [-0.4, -0.2) is 74.8 Å². The molecular weight excluding hydrogens is 512 g/mol. The first-order valence-electron chi connectivity index (χ1n) is 5.43. The van der Waals surface area contributed by atoms with Gasteiger partial charge in [0.2, 0.25) is 0 Å². The van der Waals surface area contributed by atoms with Gasteiger partial charge in [-0.2, -0.15) is 0 Å². The van der Waals surface area contributed by atoms with Crippen molar-refractivity contribution in [2.24, 2.45) is 0 Å². The summed E-state index contributed by atoms with van der Waals surface area (Å²) in [4.78, 5) is -0.524. The molecule has 0 amide bonds. The van der Waals surface area contributed by atoms with E-state index in [0.29, 0.717) is 10.0 Å². The van der Waals surface area contributed by atoms with Gasteiger partial charge in [-0.1, -0.05) is 23.2 Å². The van der Waals surface area contributed by atoms with Crippen LogP contribution in [0.25, 0.3) is 0 Å². The molecule has 0 atom stereocenters.